The maximum absolute atomic E-state index is 12.8. The van der Waals surface area contributed by atoms with Gasteiger partial charge in [-0.25, -0.2) is 17.6 Å². The Morgan fingerprint density at radius 3 is 2.42 bits per heavy atom. The van der Waals surface area contributed by atoms with Crippen LogP contribution in [0, 0.1) is 19.8 Å². The summed E-state index contributed by atoms with van der Waals surface area (Å²) in [7, 11) is -3.65. The number of carbonyl (C=O) groups excluding carboxylic acids is 1. The molecule has 1 aliphatic heterocycles. The summed E-state index contributed by atoms with van der Waals surface area (Å²) >= 11 is 0. The number of piperidine rings is 1. The summed E-state index contributed by atoms with van der Waals surface area (Å²) in [5.41, 5.74) is 1.63. The molecule has 1 atom stereocenters. The average molecular weight is 386 g/mol. The fourth-order valence-electron chi connectivity index (χ4n) is 3.04. The highest BCUT2D eigenvalue weighted by Gasteiger charge is 2.34. The lowest BCUT2D eigenvalue weighted by atomic mass is 9.97. The molecule has 1 saturated heterocycles. The van der Waals surface area contributed by atoms with Gasteiger partial charge < -0.3 is 10.4 Å². The molecule has 9 heteroatoms. The molecule has 1 aliphatic rings. The minimum atomic E-state index is -3.65. The number of alkyl halides is 1. The number of aliphatic carboxylic acids is 1. The number of benzene rings is 1. The van der Waals surface area contributed by atoms with Gasteiger partial charge in [0.25, 0.3) is 0 Å². The summed E-state index contributed by atoms with van der Waals surface area (Å²) in [6, 6.07) is 3.55. The monoisotopic (exact) mass is 386 g/mol. The number of nitrogens with one attached hydrogen (secondary N) is 1. The Bertz CT molecular complexity index is 788. The number of carboxylic acid groups (broad SMARTS) is 1. The van der Waals surface area contributed by atoms with E-state index in [0.29, 0.717) is 5.56 Å². The van der Waals surface area contributed by atoms with Crippen molar-refractivity contribution in [2.24, 2.45) is 5.92 Å². The molecule has 1 fully saturated rings. The van der Waals surface area contributed by atoms with E-state index in [-0.39, 0.29) is 30.8 Å². The van der Waals surface area contributed by atoms with Crippen molar-refractivity contribution < 1.29 is 27.5 Å². The van der Waals surface area contributed by atoms with Crippen molar-refractivity contribution in [1.82, 2.24) is 9.62 Å². The second-order valence-corrected chi connectivity index (χ2v) is 8.41. The predicted molar refractivity (Wildman–Crippen MR) is 92.9 cm³/mol. The van der Waals surface area contributed by atoms with E-state index in [4.69, 9.17) is 5.11 Å². The Morgan fingerprint density at radius 1 is 1.31 bits per heavy atom. The van der Waals surface area contributed by atoms with Crippen LogP contribution < -0.4 is 5.32 Å². The van der Waals surface area contributed by atoms with Crippen molar-refractivity contribution in [2.45, 2.75) is 37.6 Å². The largest absolute Gasteiger partial charge is 0.480 e. The van der Waals surface area contributed by atoms with Gasteiger partial charge in [-0.3, -0.25) is 4.79 Å². The zero-order chi connectivity index (χ0) is 19.5. The van der Waals surface area contributed by atoms with Gasteiger partial charge >= 0.3 is 5.97 Å². The first-order valence-corrected chi connectivity index (χ1v) is 9.77. The maximum atomic E-state index is 12.8. The van der Waals surface area contributed by atoms with Gasteiger partial charge in [-0.2, -0.15) is 4.31 Å². The number of amides is 1. The minimum Gasteiger partial charge on any atom is -0.480 e. The lowest BCUT2D eigenvalue weighted by Gasteiger charge is -2.31. The SMILES string of the molecule is Cc1ccc(S(=O)(=O)N2CCC(C(=O)NC(CF)C(=O)O)CC2)c(C)c1. The third-order valence-electron chi connectivity index (χ3n) is 4.54. The van der Waals surface area contributed by atoms with E-state index >= 15 is 0 Å². The summed E-state index contributed by atoms with van der Waals surface area (Å²) < 4.78 is 39.6. The Kier molecular flexibility index (Phi) is 6.35. The standard InChI is InChI=1S/C17H23FN2O5S/c1-11-3-4-15(12(2)9-11)26(24,25)20-7-5-13(6-8-20)16(21)19-14(10-18)17(22)23/h3-4,9,13-14H,5-8,10H2,1-2H3,(H,19,21)(H,22,23). The fourth-order valence-corrected chi connectivity index (χ4v) is 4.72. The molecule has 144 valence electrons. The first kappa shape index (κ1) is 20.3. The number of aryl methyl sites for hydroxylation is 2. The van der Waals surface area contributed by atoms with Crippen LogP contribution >= 0.6 is 0 Å². The molecule has 0 radical (unpaired) electrons. The van der Waals surface area contributed by atoms with Gasteiger partial charge in [-0.05, 0) is 38.3 Å². The van der Waals surface area contributed by atoms with Crippen molar-refractivity contribution in [1.29, 1.82) is 0 Å². The molecule has 2 N–H and O–H groups in total. The Balaban J connectivity index is 2.03. The molecule has 7 nitrogen and oxygen atoms in total. The summed E-state index contributed by atoms with van der Waals surface area (Å²) in [6.45, 7) is 2.74. The van der Waals surface area contributed by atoms with E-state index in [2.05, 4.69) is 5.32 Å². The number of sulfonamides is 1. The van der Waals surface area contributed by atoms with Gasteiger partial charge in [0.15, 0.2) is 6.04 Å². The summed E-state index contributed by atoms with van der Waals surface area (Å²) in [4.78, 5) is 23.1. The lowest BCUT2D eigenvalue weighted by Crippen LogP contribution is -2.48. The van der Waals surface area contributed by atoms with Crippen LogP contribution in [0.4, 0.5) is 4.39 Å². The van der Waals surface area contributed by atoms with Crippen LogP contribution in [0.3, 0.4) is 0 Å². The van der Waals surface area contributed by atoms with Crippen molar-refractivity contribution in [3.8, 4) is 0 Å². The van der Waals surface area contributed by atoms with Crippen LogP contribution in [0.5, 0.6) is 0 Å². The highest BCUT2D eigenvalue weighted by Crippen LogP contribution is 2.26. The Hall–Kier alpha value is -2.00. The highest BCUT2D eigenvalue weighted by atomic mass is 32.2. The number of rotatable bonds is 6. The van der Waals surface area contributed by atoms with Gasteiger partial charge in [-0.15, -0.1) is 0 Å². The molecule has 1 aromatic rings. The zero-order valence-electron chi connectivity index (χ0n) is 14.7. The van der Waals surface area contributed by atoms with Crippen molar-refractivity contribution in [3.63, 3.8) is 0 Å². The van der Waals surface area contributed by atoms with E-state index < -0.39 is 40.5 Å². The third-order valence-corrected chi connectivity index (χ3v) is 6.60. The third kappa shape index (κ3) is 4.39. The number of halogens is 1. The summed E-state index contributed by atoms with van der Waals surface area (Å²) in [5.74, 6) is -2.52. The lowest BCUT2D eigenvalue weighted by molar-refractivity contribution is -0.143. The van der Waals surface area contributed by atoms with E-state index in [1.54, 1.807) is 25.1 Å². The Morgan fingerprint density at radius 2 is 1.92 bits per heavy atom. The van der Waals surface area contributed by atoms with Crippen LogP contribution in [0.2, 0.25) is 0 Å². The van der Waals surface area contributed by atoms with Gasteiger partial charge in [-0.1, -0.05) is 17.7 Å². The molecule has 0 spiro atoms. The van der Waals surface area contributed by atoms with Crippen molar-refractivity contribution in [3.05, 3.63) is 29.3 Å². The number of nitrogens with zero attached hydrogens (tertiary/aromatic N) is 1. The number of carboxylic acids is 1. The molecule has 1 heterocycles. The molecule has 2 rings (SSSR count). The molecule has 26 heavy (non-hydrogen) atoms. The summed E-state index contributed by atoms with van der Waals surface area (Å²) in [6.07, 6.45) is 0.517. The number of hydrogen-bond acceptors (Lipinski definition) is 4. The molecule has 0 saturated carbocycles. The fraction of sp³-hybridized carbons (Fsp3) is 0.529. The predicted octanol–water partition coefficient (Wildman–Crippen LogP) is 1.24. The van der Waals surface area contributed by atoms with Crippen LogP contribution in [-0.4, -0.2) is 55.5 Å². The topological polar surface area (TPSA) is 104 Å². The maximum Gasteiger partial charge on any atom is 0.328 e. The molecular formula is C17H23FN2O5S. The van der Waals surface area contributed by atoms with Gasteiger partial charge in [0, 0.05) is 19.0 Å². The second kappa shape index (κ2) is 8.13. The number of hydrogen-bond donors (Lipinski definition) is 2. The molecule has 0 aliphatic carbocycles. The van der Waals surface area contributed by atoms with Crippen molar-refractivity contribution in [2.75, 3.05) is 19.8 Å². The minimum absolute atomic E-state index is 0.154. The quantitative estimate of drug-likeness (QED) is 0.766. The van der Waals surface area contributed by atoms with Crippen LogP contribution in [0.15, 0.2) is 23.1 Å². The Labute approximate surface area is 152 Å². The van der Waals surface area contributed by atoms with E-state index in [1.165, 1.54) is 4.31 Å². The first-order valence-electron chi connectivity index (χ1n) is 8.33. The molecule has 1 unspecified atom stereocenters. The van der Waals surface area contributed by atoms with Gasteiger partial charge in [0.2, 0.25) is 15.9 Å². The molecule has 1 amide bonds. The molecular weight excluding hydrogens is 363 g/mol. The van der Waals surface area contributed by atoms with E-state index in [9.17, 15) is 22.4 Å². The molecule has 0 aromatic heterocycles. The smallest absolute Gasteiger partial charge is 0.328 e. The number of carbonyl (C=O) groups is 2. The second-order valence-electron chi connectivity index (χ2n) is 6.50. The van der Waals surface area contributed by atoms with Crippen LogP contribution in [0.1, 0.15) is 24.0 Å². The molecule has 0 bridgehead atoms. The highest BCUT2D eigenvalue weighted by molar-refractivity contribution is 7.89. The summed E-state index contributed by atoms with van der Waals surface area (Å²) in [5, 5.41) is 11.0. The molecule has 1 aromatic carbocycles. The van der Waals surface area contributed by atoms with Gasteiger partial charge in [0.1, 0.15) is 6.67 Å². The van der Waals surface area contributed by atoms with Gasteiger partial charge in [0.05, 0.1) is 4.90 Å². The first-order chi connectivity index (χ1) is 12.2. The normalized spacial score (nSPS) is 17.7. The average Bonchev–Trinajstić information content (AvgIpc) is 2.58. The van der Waals surface area contributed by atoms with Crippen molar-refractivity contribution >= 4 is 21.9 Å². The van der Waals surface area contributed by atoms with Crippen LogP contribution in [-0.2, 0) is 19.6 Å². The van der Waals surface area contributed by atoms with E-state index in [0.717, 1.165) is 5.56 Å². The van der Waals surface area contributed by atoms with Crippen LogP contribution in [0.25, 0.3) is 0 Å². The zero-order valence-corrected chi connectivity index (χ0v) is 15.6. The van der Waals surface area contributed by atoms with E-state index in [1.807, 2.05) is 6.92 Å².